The van der Waals surface area contributed by atoms with E-state index in [1.807, 2.05) is 6.92 Å². The molecule has 0 aromatic rings. The standard InChI is InChI=1S/C16H25NO5/c1-4-13(12(3)18)10-14(19)5-7-22-8-6-17-15(20)9-11(2)16(17)21/h11,13H,4-10H2,1-3H3. The molecule has 0 aromatic heterocycles. The SMILES string of the molecule is CCC(CC(=O)CCOCCN1C(=O)CC(C)C1=O)C(C)=O. The number of Topliss-reactive ketones (excluding diaryl/α,β-unsaturated/α-hetero) is 2. The van der Waals surface area contributed by atoms with Crippen molar-refractivity contribution in [1.29, 1.82) is 0 Å². The molecular formula is C16H25NO5. The van der Waals surface area contributed by atoms with Crippen LogP contribution in [0.25, 0.3) is 0 Å². The summed E-state index contributed by atoms with van der Waals surface area (Å²) in [6.07, 6.45) is 1.44. The van der Waals surface area contributed by atoms with Gasteiger partial charge < -0.3 is 4.74 Å². The number of amides is 2. The lowest BCUT2D eigenvalue weighted by molar-refractivity contribution is -0.140. The summed E-state index contributed by atoms with van der Waals surface area (Å²) in [5.41, 5.74) is 0. The number of hydrogen-bond donors (Lipinski definition) is 0. The maximum Gasteiger partial charge on any atom is 0.232 e. The normalized spacial score (nSPS) is 19.6. The Morgan fingerprint density at radius 3 is 2.50 bits per heavy atom. The molecule has 1 fully saturated rings. The number of carbonyl (C=O) groups excluding carboxylic acids is 4. The van der Waals surface area contributed by atoms with Gasteiger partial charge in [-0.15, -0.1) is 0 Å². The van der Waals surface area contributed by atoms with Crippen molar-refractivity contribution < 1.29 is 23.9 Å². The van der Waals surface area contributed by atoms with E-state index in [0.29, 0.717) is 6.42 Å². The zero-order valence-corrected chi connectivity index (χ0v) is 13.6. The van der Waals surface area contributed by atoms with E-state index in [-0.39, 0.29) is 74.2 Å². The minimum atomic E-state index is -0.244. The second-order valence-electron chi connectivity index (χ2n) is 5.81. The maximum atomic E-state index is 11.7. The van der Waals surface area contributed by atoms with Crippen molar-refractivity contribution in [1.82, 2.24) is 4.90 Å². The zero-order valence-electron chi connectivity index (χ0n) is 13.6. The molecule has 0 saturated carbocycles. The molecule has 2 atom stereocenters. The molecule has 6 nitrogen and oxygen atoms in total. The first kappa shape index (κ1) is 18.5. The highest BCUT2D eigenvalue weighted by molar-refractivity contribution is 6.03. The Morgan fingerprint density at radius 1 is 1.32 bits per heavy atom. The van der Waals surface area contributed by atoms with Crippen molar-refractivity contribution >= 4 is 23.4 Å². The molecule has 0 aliphatic carbocycles. The van der Waals surface area contributed by atoms with Crippen LogP contribution < -0.4 is 0 Å². The summed E-state index contributed by atoms with van der Waals surface area (Å²) in [6.45, 7) is 5.85. The fraction of sp³-hybridized carbons (Fsp3) is 0.750. The molecule has 1 saturated heterocycles. The number of imide groups is 1. The molecule has 1 heterocycles. The van der Waals surface area contributed by atoms with Crippen LogP contribution in [0.4, 0.5) is 0 Å². The molecule has 0 bridgehead atoms. The second kappa shape index (κ2) is 8.78. The van der Waals surface area contributed by atoms with Crippen LogP contribution in [0.1, 0.15) is 46.5 Å². The lowest BCUT2D eigenvalue weighted by Crippen LogP contribution is -2.33. The highest BCUT2D eigenvalue weighted by atomic mass is 16.5. The van der Waals surface area contributed by atoms with E-state index in [2.05, 4.69) is 0 Å². The van der Waals surface area contributed by atoms with E-state index in [0.717, 1.165) is 0 Å². The predicted molar refractivity (Wildman–Crippen MR) is 80.0 cm³/mol. The monoisotopic (exact) mass is 311 g/mol. The quantitative estimate of drug-likeness (QED) is 0.449. The Bertz CT molecular complexity index is 446. The molecule has 1 aliphatic heterocycles. The van der Waals surface area contributed by atoms with E-state index >= 15 is 0 Å². The Kier molecular flexibility index (Phi) is 7.38. The van der Waals surface area contributed by atoms with Crippen molar-refractivity contribution in [3.05, 3.63) is 0 Å². The second-order valence-corrected chi connectivity index (χ2v) is 5.81. The van der Waals surface area contributed by atoms with E-state index < -0.39 is 0 Å². The summed E-state index contributed by atoms with van der Waals surface area (Å²) in [5.74, 6) is -0.720. The number of hydrogen-bond acceptors (Lipinski definition) is 5. The average Bonchev–Trinajstić information content (AvgIpc) is 2.70. The third kappa shape index (κ3) is 5.33. The van der Waals surface area contributed by atoms with Gasteiger partial charge >= 0.3 is 0 Å². The van der Waals surface area contributed by atoms with Crippen LogP contribution in [0.2, 0.25) is 0 Å². The molecule has 22 heavy (non-hydrogen) atoms. The molecule has 2 amide bonds. The van der Waals surface area contributed by atoms with Crippen molar-refractivity contribution in [3.8, 4) is 0 Å². The smallest absolute Gasteiger partial charge is 0.232 e. The van der Waals surface area contributed by atoms with Crippen molar-refractivity contribution in [3.63, 3.8) is 0 Å². The van der Waals surface area contributed by atoms with Crippen LogP contribution in [0.3, 0.4) is 0 Å². The summed E-state index contributed by atoms with van der Waals surface area (Å²) in [5, 5.41) is 0. The van der Waals surface area contributed by atoms with Gasteiger partial charge in [0.25, 0.3) is 0 Å². The molecule has 0 aromatic carbocycles. The Hall–Kier alpha value is -1.56. The molecule has 124 valence electrons. The molecule has 0 radical (unpaired) electrons. The number of nitrogens with zero attached hydrogens (tertiary/aromatic N) is 1. The fourth-order valence-electron chi connectivity index (χ4n) is 2.48. The van der Waals surface area contributed by atoms with Crippen LogP contribution in [-0.4, -0.2) is 48.0 Å². The zero-order chi connectivity index (χ0) is 16.7. The Labute approximate surface area is 131 Å². The minimum Gasteiger partial charge on any atom is -0.379 e. The lowest BCUT2D eigenvalue weighted by atomic mass is 9.95. The van der Waals surface area contributed by atoms with Crippen LogP contribution >= 0.6 is 0 Å². The molecule has 0 N–H and O–H groups in total. The van der Waals surface area contributed by atoms with Gasteiger partial charge in [0.1, 0.15) is 11.6 Å². The van der Waals surface area contributed by atoms with Gasteiger partial charge in [-0.25, -0.2) is 0 Å². The third-order valence-corrected chi connectivity index (χ3v) is 4.00. The van der Waals surface area contributed by atoms with Crippen molar-refractivity contribution in [2.24, 2.45) is 11.8 Å². The Balaban J connectivity index is 2.18. The summed E-state index contributed by atoms with van der Waals surface area (Å²) < 4.78 is 5.32. The predicted octanol–water partition coefficient (Wildman–Crippen LogP) is 1.36. The van der Waals surface area contributed by atoms with Crippen LogP contribution in [-0.2, 0) is 23.9 Å². The number of ether oxygens (including phenoxy) is 1. The molecule has 0 spiro atoms. The molecule has 1 rings (SSSR count). The fourth-order valence-corrected chi connectivity index (χ4v) is 2.48. The van der Waals surface area contributed by atoms with E-state index in [1.54, 1.807) is 6.92 Å². The topological polar surface area (TPSA) is 80.8 Å². The first-order valence-corrected chi connectivity index (χ1v) is 7.80. The van der Waals surface area contributed by atoms with Crippen molar-refractivity contribution in [2.75, 3.05) is 19.8 Å². The van der Waals surface area contributed by atoms with Gasteiger partial charge in [0.05, 0.1) is 19.8 Å². The third-order valence-electron chi connectivity index (χ3n) is 4.00. The van der Waals surface area contributed by atoms with Crippen LogP contribution in [0.5, 0.6) is 0 Å². The lowest BCUT2D eigenvalue weighted by Gasteiger charge is -2.14. The van der Waals surface area contributed by atoms with Crippen molar-refractivity contribution in [2.45, 2.75) is 46.5 Å². The van der Waals surface area contributed by atoms with Gasteiger partial charge in [0.15, 0.2) is 0 Å². The van der Waals surface area contributed by atoms with E-state index in [1.165, 1.54) is 11.8 Å². The van der Waals surface area contributed by atoms with Crippen LogP contribution in [0.15, 0.2) is 0 Å². The number of rotatable bonds is 10. The molecule has 1 aliphatic rings. The first-order valence-electron chi connectivity index (χ1n) is 7.80. The maximum absolute atomic E-state index is 11.7. The summed E-state index contributed by atoms with van der Waals surface area (Å²) in [7, 11) is 0. The average molecular weight is 311 g/mol. The van der Waals surface area contributed by atoms with Gasteiger partial charge in [-0.1, -0.05) is 13.8 Å². The van der Waals surface area contributed by atoms with Gasteiger partial charge in [0.2, 0.25) is 11.8 Å². The number of carbonyl (C=O) groups is 4. The molecule has 6 heteroatoms. The van der Waals surface area contributed by atoms with E-state index in [9.17, 15) is 19.2 Å². The highest BCUT2D eigenvalue weighted by Gasteiger charge is 2.34. The highest BCUT2D eigenvalue weighted by Crippen LogP contribution is 2.18. The van der Waals surface area contributed by atoms with Gasteiger partial charge in [-0.2, -0.15) is 0 Å². The summed E-state index contributed by atoms with van der Waals surface area (Å²) in [4.78, 5) is 47.4. The number of ketones is 2. The summed E-state index contributed by atoms with van der Waals surface area (Å²) in [6, 6.07) is 0. The molecule has 2 unspecified atom stereocenters. The Morgan fingerprint density at radius 2 is 2.00 bits per heavy atom. The van der Waals surface area contributed by atoms with Gasteiger partial charge in [0, 0.05) is 31.1 Å². The minimum absolute atomic E-state index is 0.00370. The number of likely N-dealkylation sites (tertiary alicyclic amines) is 1. The van der Waals surface area contributed by atoms with Crippen LogP contribution in [0, 0.1) is 11.8 Å². The van der Waals surface area contributed by atoms with E-state index in [4.69, 9.17) is 4.74 Å². The summed E-state index contributed by atoms with van der Waals surface area (Å²) >= 11 is 0. The van der Waals surface area contributed by atoms with Gasteiger partial charge in [-0.05, 0) is 13.3 Å². The van der Waals surface area contributed by atoms with Gasteiger partial charge in [-0.3, -0.25) is 24.1 Å². The largest absolute Gasteiger partial charge is 0.379 e. The first-order chi connectivity index (χ1) is 10.4. The molecular weight excluding hydrogens is 286 g/mol.